The molecular weight excluding hydrogens is 311 g/mol. The van der Waals surface area contributed by atoms with Crippen LogP contribution in [0, 0.1) is 0 Å². The molecule has 4 nitrogen and oxygen atoms in total. The fourth-order valence-corrected chi connectivity index (χ4v) is 3.03. The highest BCUT2D eigenvalue weighted by molar-refractivity contribution is 6.31. The topological polar surface area (TPSA) is 34.5 Å². The van der Waals surface area contributed by atoms with Crippen LogP contribution in [0.1, 0.15) is 32.0 Å². The van der Waals surface area contributed by atoms with Gasteiger partial charge in [-0.25, -0.2) is 13.8 Å². The lowest BCUT2D eigenvalue weighted by Crippen LogP contribution is -2.28. The van der Waals surface area contributed by atoms with Crippen molar-refractivity contribution in [2.45, 2.75) is 39.5 Å². The Kier molecular flexibility index (Phi) is 3.43. The average molecular weight is 327 g/mol. The first kappa shape index (κ1) is 14.7. The summed E-state index contributed by atoms with van der Waals surface area (Å²) >= 11 is 12.2. The number of nitrogens with zero attached hydrogens (tertiary/aromatic N) is 2. The van der Waals surface area contributed by atoms with Crippen LogP contribution >= 0.6 is 23.4 Å². The maximum Gasteiger partial charge on any atom is 0.419 e. The molecule has 0 saturated carbocycles. The molecule has 3 rings (SSSR count). The number of carbonyl (C=O) groups excluding carboxylic acids is 1. The highest BCUT2D eigenvalue weighted by Crippen LogP contribution is 2.35. The van der Waals surface area contributed by atoms with Crippen molar-refractivity contribution in [2.24, 2.45) is 0 Å². The number of benzene rings is 1. The predicted molar refractivity (Wildman–Crippen MR) is 83.7 cm³/mol. The van der Waals surface area contributed by atoms with E-state index in [1.807, 2.05) is 32.9 Å². The SMILES string of the molecule is CC(C)(C)OC(=O)n1c2c(c3cc(Cl)ccc31)CN(Cl)C2. The maximum absolute atomic E-state index is 12.5. The Morgan fingerprint density at radius 1 is 1.29 bits per heavy atom. The minimum absolute atomic E-state index is 0.386. The lowest BCUT2D eigenvalue weighted by Gasteiger charge is -2.21. The Hall–Kier alpha value is -1.23. The van der Waals surface area contributed by atoms with Gasteiger partial charge in [-0.1, -0.05) is 11.6 Å². The zero-order chi connectivity index (χ0) is 15.4. The van der Waals surface area contributed by atoms with Crippen LogP contribution in [0.15, 0.2) is 18.2 Å². The van der Waals surface area contributed by atoms with Gasteiger partial charge in [0.2, 0.25) is 0 Å². The molecule has 112 valence electrons. The van der Waals surface area contributed by atoms with Crippen LogP contribution in [0.2, 0.25) is 5.02 Å². The molecule has 1 aromatic heterocycles. The lowest BCUT2D eigenvalue weighted by atomic mass is 10.1. The van der Waals surface area contributed by atoms with Crippen LogP contribution in [0.25, 0.3) is 10.9 Å². The molecule has 1 aliphatic heterocycles. The summed E-state index contributed by atoms with van der Waals surface area (Å²) in [4.78, 5) is 12.5. The van der Waals surface area contributed by atoms with Gasteiger partial charge >= 0.3 is 6.09 Å². The first-order valence-electron chi connectivity index (χ1n) is 6.72. The number of rotatable bonds is 0. The van der Waals surface area contributed by atoms with Gasteiger partial charge in [0.05, 0.1) is 17.8 Å². The predicted octanol–water partition coefficient (Wildman–Crippen LogP) is 4.55. The second-order valence-electron chi connectivity index (χ2n) is 6.18. The van der Waals surface area contributed by atoms with Crippen LogP contribution < -0.4 is 0 Å². The third kappa shape index (κ3) is 2.63. The van der Waals surface area contributed by atoms with Crippen molar-refractivity contribution >= 4 is 40.4 Å². The van der Waals surface area contributed by atoms with E-state index in [9.17, 15) is 4.79 Å². The summed E-state index contributed by atoms with van der Waals surface area (Å²) in [6.45, 7) is 6.64. The van der Waals surface area contributed by atoms with E-state index in [2.05, 4.69) is 0 Å². The normalized spacial score (nSPS) is 15.5. The molecule has 1 aromatic carbocycles. The summed E-state index contributed by atoms with van der Waals surface area (Å²) in [6, 6.07) is 5.49. The van der Waals surface area contributed by atoms with E-state index in [4.69, 9.17) is 28.1 Å². The summed E-state index contributed by atoms with van der Waals surface area (Å²) in [7, 11) is 0. The van der Waals surface area contributed by atoms with Crippen molar-refractivity contribution in [3.8, 4) is 0 Å². The van der Waals surface area contributed by atoms with Crippen molar-refractivity contribution in [1.82, 2.24) is 8.99 Å². The minimum Gasteiger partial charge on any atom is -0.443 e. The van der Waals surface area contributed by atoms with Crippen LogP contribution in [0.4, 0.5) is 4.79 Å². The molecular formula is C15H16Cl2N2O2. The van der Waals surface area contributed by atoms with Crippen molar-refractivity contribution in [1.29, 1.82) is 0 Å². The Labute approximate surface area is 133 Å². The van der Waals surface area contributed by atoms with Crippen molar-refractivity contribution < 1.29 is 9.53 Å². The van der Waals surface area contributed by atoms with Gasteiger partial charge in [0.15, 0.2) is 0 Å². The molecule has 0 N–H and O–H groups in total. The Morgan fingerprint density at radius 3 is 2.67 bits per heavy atom. The van der Waals surface area contributed by atoms with Crippen LogP contribution in [-0.2, 0) is 17.8 Å². The maximum atomic E-state index is 12.5. The fourth-order valence-electron chi connectivity index (χ4n) is 2.63. The van der Waals surface area contributed by atoms with E-state index in [1.165, 1.54) is 0 Å². The van der Waals surface area contributed by atoms with Crippen molar-refractivity contribution in [3.63, 3.8) is 0 Å². The van der Waals surface area contributed by atoms with Gasteiger partial charge in [-0.3, -0.25) is 0 Å². The number of ether oxygens (including phenoxy) is 1. The molecule has 0 amide bonds. The molecule has 1 aliphatic rings. The second-order valence-corrected chi connectivity index (χ2v) is 7.10. The Bertz CT molecular complexity index is 731. The van der Waals surface area contributed by atoms with Gasteiger partial charge in [0.1, 0.15) is 5.60 Å². The molecule has 0 aliphatic carbocycles. The number of hydrogen-bond acceptors (Lipinski definition) is 3. The van der Waals surface area contributed by atoms with Crippen LogP contribution in [0.5, 0.6) is 0 Å². The van der Waals surface area contributed by atoms with Crippen molar-refractivity contribution in [2.75, 3.05) is 0 Å². The average Bonchev–Trinajstić information content (AvgIpc) is 2.82. The molecule has 0 saturated heterocycles. The molecule has 6 heteroatoms. The van der Waals surface area contributed by atoms with Crippen molar-refractivity contribution in [3.05, 3.63) is 34.5 Å². The standard InChI is InChI=1S/C15H16Cl2N2O2/c1-15(2,3)21-14(20)19-12-5-4-9(16)6-10(12)11-7-18(17)8-13(11)19/h4-6H,7-8H2,1-3H3. The molecule has 2 aromatic rings. The number of fused-ring (bicyclic) bond motifs is 3. The van der Waals surface area contributed by atoms with E-state index in [0.29, 0.717) is 18.1 Å². The quantitative estimate of drug-likeness (QED) is 0.666. The van der Waals surface area contributed by atoms with E-state index in [1.54, 1.807) is 15.1 Å². The highest BCUT2D eigenvalue weighted by atomic mass is 35.5. The molecule has 2 heterocycles. The molecule has 0 radical (unpaired) electrons. The summed E-state index contributed by atoms with van der Waals surface area (Å²) in [5, 5.41) is 1.59. The van der Waals surface area contributed by atoms with E-state index < -0.39 is 5.60 Å². The van der Waals surface area contributed by atoms with E-state index in [0.717, 1.165) is 22.2 Å². The number of hydrogen-bond donors (Lipinski definition) is 0. The van der Waals surface area contributed by atoms with E-state index >= 15 is 0 Å². The molecule has 0 bridgehead atoms. The third-order valence-corrected chi connectivity index (χ3v) is 3.84. The molecule has 0 atom stereocenters. The second kappa shape index (κ2) is 4.90. The van der Waals surface area contributed by atoms with Gasteiger partial charge in [-0.2, -0.15) is 0 Å². The highest BCUT2D eigenvalue weighted by Gasteiger charge is 2.30. The zero-order valence-corrected chi connectivity index (χ0v) is 13.6. The lowest BCUT2D eigenvalue weighted by molar-refractivity contribution is 0.0539. The molecule has 0 spiro atoms. The first-order valence-corrected chi connectivity index (χ1v) is 7.43. The van der Waals surface area contributed by atoms with Crippen LogP contribution in [0.3, 0.4) is 0 Å². The third-order valence-electron chi connectivity index (χ3n) is 3.37. The molecule has 21 heavy (non-hydrogen) atoms. The fraction of sp³-hybridized carbons (Fsp3) is 0.400. The van der Waals surface area contributed by atoms with Gasteiger partial charge in [0.25, 0.3) is 0 Å². The summed E-state index contributed by atoms with van der Waals surface area (Å²) in [5.74, 6) is 0. The van der Waals surface area contributed by atoms with Crippen LogP contribution in [-0.4, -0.2) is 20.7 Å². The number of halogens is 2. The summed E-state index contributed by atoms with van der Waals surface area (Å²) < 4.78 is 8.76. The largest absolute Gasteiger partial charge is 0.443 e. The first-order chi connectivity index (χ1) is 9.76. The minimum atomic E-state index is -0.549. The number of carbonyl (C=O) groups is 1. The van der Waals surface area contributed by atoms with Gasteiger partial charge in [-0.15, -0.1) is 0 Å². The molecule has 0 fully saturated rings. The summed E-state index contributed by atoms with van der Waals surface area (Å²) in [6.07, 6.45) is -0.386. The monoisotopic (exact) mass is 326 g/mol. The number of aromatic nitrogens is 1. The zero-order valence-electron chi connectivity index (χ0n) is 12.1. The Balaban J connectivity index is 2.18. The molecule has 0 unspecified atom stereocenters. The van der Waals surface area contributed by atoms with Gasteiger partial charge in [0, 0.05) is 17.0 Å². The Morgan fingerprint density at radius 2 is 2.00 bits per heavy atom. The van der Waals surface area contributed by atoms with E-state index in [-0.39, 0.29) is 6.09 Å². The summed E-state index contributed by atoms with van der Waals surface area (Å²) in [5.41, 5.74) is 2.17. The van der Waals surface area contributed by atoms with Gasteiger partial charge in [-0.05, 0) is 56.3 Å². The van der Waals surface area contributed by atoms with Gasteiger partial charge < -0.3 is 4.74 Å². The smallest absolute Gasteiger partial charge is 0.419 e.